The van der Waals surface area contributed by atoms with Gasteiger partial charge in [0.15, 0.2) is 5.79 Å². The topological polar surface area (TPSA) is 44.5 Å². The third-order valence-corrected chi connectivity index (χ3v) is 3.09. The van der Waals surface area contributed by atoms with E-state index in [-0.39, 0.29) is 6.04 Å². The van der Waals surface area contributed by atoms with Crippen molar-refractivity contribution in [3.63, 3.8) is 0 Å². The lowest BCUT2D eigenvalue weighted by Gasteiger charge is -2.32. The molecule has 96 valence electrons. The van der Waals surface area contributed by atoms with Gasteiger partial charge in [0, 0.05) is 32.2 Å². The summed E-state index contributed by atoms with van der Waals surface area (Å²) in [4.78, 5) is 0. The molecule has 1 unspecified atom stereocenters. The predicted molar refractivity (Wildman–Crippen MR) is 69.8 cm³/mol. The average Bonchev–Trinajstić information content (AvgIpc) is 2.33. The van der Waals surface area contributed by atoms with Crippen molar-refractivity contribution in [1.29, 1.82) is 0 Å². The summed E-state index contributed by atoms with van der Waals surface area (Å²) in [7, 11) is 3.35. The zero-order valence-corrected chi connectivity index (χ0v) is 11.2. The van der Waals surface area contributed by atoms with E-state index in [4.69, 9.17) is 15.2 Å². The summed E-state index contributed by atoms with van der Waals surface area (Å²) in [6.45, 7) is 4.06. The maximum Gasteiger partial charge on any atom is 0.194 e. The summed E-state index contributed by atoms with van der Waals surface area (Å²) < 4.78 is 11.2. The van der Waals surface area contributed by atoms with Crippen molar-refractivity contribution in [1.82, 2.24) is 0 Å². The lowest BCUT2D eigenvalue weighted by Crippen LogP contribution is -2.32. The molecule has 0 fully saturated rings. The summed E-state index contributed by atoms with van der Waals surface area (Å²) in [6.07, 6.45) is 1.58. The van der Waals surface area contributed by atoms with E-state index in [0.29, 0.717) is 0 Å². The molecule has 0 aliphatic heterocycles. The van der Waals surface area contributed by atoms with E-state index in [0.717, 1.165) is 18.4 Å². The smallest absolute Gasteiger partial charge is 0.194 e. The van der Waals surface area contributed by atoms with Crippen LogP contribution in [-0.2, 0) is 21.7 Å². The largest absolute Gasteiger partial charge is 0.349 e. The minimum absolute atomic E-state index is 0.124. The first kappa shape index (κ1) is 14.2. The Kier molecular flexibility index (Phi) is 5.12. The first-order chi connectivity index (χ1) is 8.09. The Morgan fingerprint density at radius 2 is 1.82 bits per heavy atom. The second-order valence-electron chi connectivity index (χ2n) is 4.35. The van der Waals surface area contributed by atoms with Crippen molar-refractivity contribution in [2.24, 2.45) is 5.73 Å². The highest BCUT2D eigenvalue weighted by Gasteiger charge is 2.31. The summed E-state index contributed by atoms with van der Waals surface area (Å²) in [5.41, 5.74) is 8.14. The summed E-state index contributed by atoms with van der Waals surface area (Å²) in [5, 5.41) is 0. The van der Waals surface area contributed by atoms with E-state index in [2.05, 4.69) is 13.0 Å². The van der Waals surface area contributed by atoms with Crippen molar-refractivity contribution in [2.45, 2.75) is 38.5 Å². The van der Waals surface area contributed by atoms with Gasteiger partial charge >= 0.3 is 0 Å². The second-order valence-corrected chi connectivity index (χ2v) is 4.35. The average molecular weight is 237 g/mol. The number of hydrogen-bond acceptors (Lipinski definition) is 3. The van der Waals surface area contributed by atoms with E-state index in [1.807, 2.05) is 25.1 Å². The van der Waals surface area contributed by atoms with Crippen LogP contribution in [0, 0.1) is 0 Å². The molecule has 0 aliphatic rings. The minimum Gasteiger partial charge on any atom is -0.349 e. The zero-order valence-electron chi connectivity index (χ0n) is 11.2. The predicted octanol–water partition coefficient (Wildman–Crippen LogP) is 2.43. The maximum atomic E-state index is 5.88. The molecule has 0 amide bonds. The molecule has 0 saturated carbocycles. The van der Waals surface area contributed by atoms with Gasteiger partial charge in [-0.1, -0.05) is 31.2 Å². The van der Waals surface area contributed by atoms with Gasteiger partial charge in [-0.25, -0.2) is 0 Å². The zero-order chi connectivity index (χ0) is 12.9. The van der Waals surface area contributed by atoms with Crippen molar-refractivity contribution in [3.8, 4) is 0 Å². The van der Waals surface area contributed by atoms with Crippen LogP contribution in [0.2, 0.25) is 0 Å². The van der Waals surface area contributed by atoms with Gasteiger partial charge in [0.2, 0.25) is 0 Å². The van der Waals surface area contributed by atoms with Gasteiger partial charge in [-0.2, -0.15) is 0 Å². The van der Waals surface area contributed by atoms with Gasteiger partial charge in [-0.05, 0) is 18.9 Å². The maximum absolute atomic E-state index is 5.88. The molecule has 3 nitrogen and oxygen atoms in total. The highest BCUT2D eigenvalue weighted by molar-refractivity contribution is 5.32. The highest BCUT2D eigenvalue weighted by Crippen LogP contribution is 2.32. The third-order valence-electron chi connectivity index (χ3n) is 3.09. The van der Waals surface area contributed by atoms with Crippen molar-refractivity contribution >= 4 is 0 Å². The molecule has 0 saturated heterocycles. The standard InChI is InChI=1S/C14H23NO2/c1-5-14(16-3,17-4)13-9-7-6-8-12(13)10-11(2)15/h6-9,11H,5,10,15H2,1-4H3. The third kappa shape index (κ3) is 3.06. The molecule has 1 atom stereocenters. The van der Waals surface area contributed by atoms with Crippen LogP contribution in [0.3, 0.4) is 0 Å². The van der Waals surface area contributed by atoms with Gasteiger partial charge in [0.25, 0.3) is 0 Å². The SMILES string of the molecule is CCC(OC)(OC)c1ccccc1CC(C)N. The van der Waals surface area contributed by atoms with E-state index in [9.17, 15) is 0 Å². The Labute approximate surface area is 104 Å². The van der Waals surface area contributed by atoms with Gasteiger partial charge in [-0.15, -0.1) is 0 Å². The Hall–Kier alpha value is -0.900. The Balaban J connectivity index is 3.18. The van der Waals surface area contributed by atoms with Crippen LogP contribution in [0.25, 0.3) is 0 Å². The molecule has 0 aromatic heterocycles. The molecular weight excluding hydrogens is 214 g/mol. The number of ether oxygens (including phenoxy) is 2. The molecule has 1 rings (SSSR count). The first-order valence-electron chi connectivity index (χ1n) is 6.04. The molecular formula is C14H23NO2. The summed E-state index contributed by atoms with van der Waals surface area (Å²) >= 11 is 0. The fourth-order valence-corrected chi connectivity index (χ4v) is 2.20. The molecule has 17 heavy (non-hydrogen) atoms. The first-order valence-corrected chi connectivity index (χ1v) is 6.04. The van der Waals surface area contributed by atoms with Gasteiger partial charge in [-0.3, -0.25) is 0 Å². The van der Waals surface area contributed by atoms with Gasteiger partial charge < -0.3 is 15.2 Å². The lowest BCUT2D eigenvalue weighted by molar-refractivity contribution is -0.217. The van der Waals surface area contributed by atoms with Gasteiger partial charge in [0.05, 0.1) is 0 Å². The second kappa shape index (κ2) is 6.15. The van der Waals surface area contributed by atoms with Crippen molar-refractivity contribution in [3.05, 3.63) is 35.4 Å². The molecule has 0 bridgehead atoms. The van der Waals surface area contributed by atoms with Crippen molar-refractivity contribution in [2.75, 3.05) is 14.2 Å². The number of benzene rings is 1. The number of hydrogen-bond donors (Lipinski definition) is 1. The highest BCUT2D eigenvalue weighted by atomic mass is 16.7. The lowest BCUT2D eigenvalue weighted by atomic mass is 9.93. The van der Waals surface area contributed by atoms with Gasteiger partial charge in [0.1, 0.15) is 0 Å². The van der Waals surface area contributed by atoms with Crippen LogP contribution < -0.4 is 5.73 Å². The Morgan fingerprint density at radius 3 is 2.29 bits per heavy atom. The van der Waals surface area contributed by atoms with E-state index < -0.39 is 5.79 Å². The molecule has 1 aromatic rings. The minimum atomic E-state index is -0.661. The molecule has 0 aliphatic carbocycles. The number of rotatable bonds is 6. The summed E-state index contributed by atoms with van der Waals surface area (Å²) in [6, 6.07) is 8.28. The molecule has 3 heteroatoms. The Morgan fingerprint density at radius 1 is 1.24 bits per heavy atom. The molecule has 1 aromatic carbocycles. The molecule has 0 radical (unpaired) electrons. The van der Waals surface area contributed by atoms with E-state index >= 15 is 0 Å². The molecule has 0 spiro atoms. The van der Waals surface area contributed by atoms with Crippen LogP contribution in [0.15, 0.2) is 24.3 Å². The van der Waals surface area contributed by atoms with Crippen LogP contribution in [-0.4, -0.2) is 20.3 Å². The Bertz CT molecular complexity index is 338. The number of nitrogens with two attached hydrogens (primary N) is 1. The quantitative estimate of drug-likeness (QED) is 0.773. The van der Waals surface area contributed by atoms with E-state index in [1.165, 1.54) is 5.56 Å². The number of methoxy groups -OCH3 is 2. The molecule has 2 N–H and O–H groups in total. The van der Waals surface area contributed by atoms with Crippen LogP contribution >= 0.6 is 0 Å². The normalized spacial score (nSPS) is 13.7. The summed E-state index contributed by atoms with van der Waals surface area (Å²) in [5.74, 6) is -0.661. The van der Waals surface area contributed by atoms with Crippen LogP contribution in [0.1, 0.15) is 31.4 Å². The fourth-order valence-electron chi connectivity index (χ4n) is 2.20. The van der Waals surface area contributed by atoms with E-state index in [1.54, 1.807) is 14.2 Å². The van der Waals surface area contributed by atoms with Crippen molar-refractivity contribution < 1.29 is 9.47 Å². The van der Waals surface area contributed by atoms with Crippen LogP contribution in [0.5, 0.6) is 0 Å². The monoisotopic (exact) mass is 237 g/mol. The molecule has 0 heterocycles. The fraction of sp³-hybridized carbons (Fsp3) is 0.571. The van der Waals surface area contributed by atoms with Crippen LogP contribution in [0.4, 0.5) is 0 Å².